The van der Waals surface area contributed by atoms with Crippen LogP contribution in [0.5, 0.6) is 0 Å². The number of nitrogens with zero attached hydrogens (tertiary/aromatic N) is 1. The van der Waals surface area contributed by atoms with E-state index in [9.17, 15) is 9.59 Å². The molecule has 6 heteroatoms. The second-order valence-corrected chi connectivity index (χ2v) is 7.30. The number of esters is 1. The lowest BCUT2D eigenvalue weighted by Crippen LogP contribution is -2.41. The van der Waals surface area contributed by atoms with E-state index in [1.165, 1.54) is 43.4 Å². The Hall–Kier alpha value is -1.40. The number of amides is 1. The van der Waals surface area contributed by atoms with E-state index in [1.807, 2.05) is 13.0 Å². The summed E-state index contributed by atoms with van der Waals surface area (Å²) in [5.41, 5.74) is 0.841. The molecule has 2 rings (SSSR count). The molecular weight excluding hydrogens is 324 g/mol. The fraction of sp³-hybridized carbons (Fsp3) is 0.667. The number of carbonyl (C=O) groups is 2. The van der Waals surface area contributed by atoms with E-state index in [0.717, 1.165) is 12.1 Å². The first-order valence-electron chi connectivity index (χ1n) is 8.86. The Morgan fingerprint density at radius 1 is 1.29 bits per heavy atom. The number of rotatable bonds is 7. The number of thiophene rings is 1. The maximum atomic E-state index is 12.4. The standard InChI is InChI=1S/C18H28N2O3S/c1-4-20(14-9-7-6-8-10-14)12-15(21)19-16-11-13(3)17(24-16)18(22)23-5-2/h11,14H,4-10,12H2,1-3H3,(H,19,21). The summed E-state index contributed by atoms with van der Waals surface area (Å²) in [5, 5.41) is 3.64. The number of nitrogens with one attached hydrogen (secondary N) is 1. The molecule has 0 radical (unpaired) electrons. The van der Waals surface area contributed by atoms with Crippen LogP contribution >= 0.6 is 11.3 Å². The summed E-state index contributed by atoms with van der Waals surface area (Å²) in [6, 6.07) is 2.36. The highest BCUT2D eigenvalue weighted by atomic mass is 32.1. The molecule has 0 saturated heterocycles. The van der Waals surface area contributed by atoms with Crippen molar-refractivity contribution in [2.45, 2.75) is 58.9 Å². The van der Waals surface area contributed by atoms with Crippen LogP contribution in [-0.4, -0.2) is 42.5 Å². The summed E-state index contributed by atoms with van der Waals surface area (Å²) in [4.78, 5) is 27.1. The highest BCUT2D eigenvalue weighted by Crippen LogP contribution is 2.27. The van der Waals surface area contributed by atoms with E-state index in [1.54, 1.807) is 6.92 Å². The molecule has 0 spiro atoms. The first-order valence-corrected chi connectivity index (χ1v) is 9.68. The van der Waals surface area contributed by atoms with Crippen LogP contribution in [0, 0.1) is 6.92 Å². The minimum atomic E-state index is -0.321. The van der Waals surface area contributed by atoms with Gasteiger partial charge in [0.05, 0.1) is 18.2 Å². The van der Waals surface area contributed by atoms with Crippen LogP contribution in [0.25, 0.3) is 0 Å². The lowest BCUT2D eigenvalue weighted by molar-refractivity contribution is -0.118. The molecule has 0 unspecified atom stereocenters. The fourth-order valence-electron chi connectivity index (χ4n) is 3.25. The highest BCUT2D eigenvalue weighted by Gasteiger charge is 2.22. The van der Waals surface area contributed by atoms with Gasteiger partial charge >= 0.3 is 5.97 Å². The second kappa shape index (κ2) is 9.18. The molecule has 24 heavy (non-hydrogen) atoms. The predicted molar refractivity (Wildman–Crippen MR) is 97.8 cm³/mol. The van der Waals surface area contributed by atoms with Gasteiger partial charge in [-0.3, -0.25) is 9.69 Å². The molecule has 0 bridgehead atoms. The van der Waals surface area contributed by atoms with Gasteiger partial charge in [-0.1, -0.05) is 26.2 Å². The predicted octanol–water partition coefficient (Wildman–Crippen LogP) is 3.83. The Morgan fingerprint density at radius 2 is 2.00 bits per heavy atom. The van der Waals surface area contributed by atoms with Crippen molar-refractivity contribution >= 4 is 28.2 Å². The minimum Gasteiger partial charge on any atom is -0.462 e. The molecule has 0 aromatic carbocycles. The van der Waals surface area contributed by atoms with Crippen molar-refractivity contribution in [3.63, 3.8) is 0 Å². The Balaban J connectivity index is 1.93. The van der Waals surface area contributed by atoms with Crippen molar-refractivity contribution < 1.29 is 14.3 Å². The molecule has 0 atom stereocenters. The van der Waals surface area contributed by atoms with Crippen molar-refractivity contribution in [2.75, 3.05) is 25.0 Å². The van der Waals surface area contributed by atoms with E-state index in [4.69, 9.17) is 4.74 Å². The zero-order valence-electron chi connectivity index (χ0n) is 14.9. The van der Waals surface area contributed by atoms with Crippen LogP contribution < -0.4 is 5.32 Å². The normalized spacial score (nSPS) is 15.5. The molecule has 1 aliphatic carbocycles. The summed E-state index contributed by atoms with van der Waals surface area (Å²) < 4.78 is 5.04. The fourth-order valence-corrected chi connectivity index (χ4v) is 4.23. The van der Waals surface area contributed by atoms with Gasteiger partial charge in [0.1, 0.15) is 4.88 Å². The number of anilines is 1. The van der Waals surface area contributed by atoms with E-state index in [0.29, 0.717) is 29.1 Å². The van der Waals surface area contributed by atoms with Gasteiger partial charge in [-0.05, 0) is 44.9 Å². The zero-order chi connectivity index (χ0) is 17.5. The third-order valence-corrected chi connectivity index (χ3v) is 5.62. The Bertz CT molecular complexity index is 565. The smallest absolute Gasteiger partial charge is 0.348 e. The number of carbonyl (C=O) groups excluding carboxylic acids is 2. The topological polar surface area (TPSA) is 58.6 Å². The SMILES string of the molecule is CCOC(=O)c1sc(NC(=O)CN(CC)C2CCCCC2)cc1C. The minimum absolute atomic E-state index is 0.0147. The molecule has 0 aliphatic heterocycles. The highest BCUT2D eigenvalue weighted by molar-refractivity contribution is 7.18. The summed E-state index contributed by atoms with van der Waals surface area (Å²) in [6.07, 6.45) is 6.20. The number of ether oxygens (including phenoxy) is 1. The molecule has 1 aromatic rings. The van der Waals surface area contributed by atoms with Gasteiger partial charge in [0.2, 0.25) is 5.91 Å². The van der Waals surface area contributed by atoms with Crippen molar-refractivity contribution in [2.24, 2.45) is 0 Å². The monoisotopic (exact) mass is 352 g/mol. The molecule has 1 aliphatic rings. The van der Waals surface area contributed by atoms with Gasteiger partial charge in [-0.25, -0.2) is 4.79 Å². The summed E-state index contributed by atoms with van der Waals surface area (Å²) in [5.74, 6) is -0.336. The first-order chi connectivity index (χ1) is 11.5. The number of aryl methyl sites for hydroxylation is 1. The molecule has 1 fully saturated rings. The summed E-state index contributed by atoms with van der Waals surface area (Å²) >= 11 is 1.28. The van der Waals surface area contributed by atoms with Gasteiger partial charge in [-0.15, -0.1) is 11.3 Å². The van der Waals surface area contributed by atoms with Crippen molar-refractivity contribution in [1.29, 1.82) is 0 Å². The average Bonchev–Trinajstić information content (AvgIpc) is 2.94. The third-order valence-electron chi connectivity index (χ3n) is 4.49. The average molecular weight is 353 g/mol. The molecule has 1 amide bonds. The third kappa shape index (κ3) is 5.05. The van der Waals surface area contributed by atoms with Crippen molar-refractivity contribution in [3.05, 3.63) is 16.5 Å². The number of hydrogen-bond acceptors (Lipinski definition) is 5. The molecule has 1 heterocycles. The van der Waals surface area contributed by atoms with Gasteiger partial charge in [0.25, 0.3) is 0 Å². The van der Waals surface area contributed by atoms with Crippen LogP contribution in [0.4, 0.5) is 5.00 Å². The van der Waals surface area contributed by atoms with Crippen LogP contribution in [0.3, 0.4) is 0 Å². The largest absolute Gasteiger partial charge is 0.462 e. The molecule has 1 saturated carbocycles. The van der Waals surface area contributed by atoms with Crippen LogP contribution in [0.15, 0.2) is 6.07 Å². The van der Waals surface area contributed by atoms with Crippen LogP contribution in [-0.2, 0) is 9.53 Å². The number of likely N-dealkylation sites (N-methyl/N-ethyl adjacent to an activating group) is 1. The summed E-state index contributed by atoms with van der Waals surface area (Å²) in [7, 11) is 0. The second-order valence-electron chi connectivity index (χ2n) is 6.25. The lowest BCUT2D eigenvalue weighted by atomic mass is 9.94. The maximum Gasteiger partial charge on any atom is 0.348 e. The van der Waals surface area contributed by atoms with Crippen LogP contribution in [0.2, 0.25) is 0 Å². The Labute approximate surface area is 148 Å². The molecule has 5 nitrogen and oxygen atoms in total. The van der Waals surface area contributed by atoms with Gasteiger partial charge in [-0.2, -0.15) is 0 Å². The Kier molecular flexibility index (Phi) is 7.24. The van der Waals surface area contributed by atoms with Gasteiger partial charge in [0, 0.05) is 6.04 Å². The van der Waals surface area contributed by atoms with Gasteiger partial charge in [0.15, 0.2) is 0 Å². The molecule has 134 valence electrons. The molecule has 1 N–H and O–H groups in total. The molecular formula is C18H28N2O3S. The van der Waals surface area contributed by atoms with E-state index in [2.05, 4.69) is 17.1 Å². The summed E-state index contributed by atoms with van der Waals surface area (Å²) in [6.45, 7) is 7.40. The van der Waals surface area contributed by atoms with E-state index >= 15 is 0 Å². The lowest BCUT2D eigenvalue weighted by Gasteiger charge is -2.32. The maximum absolute atomic E-state index is 12.4. The Morgan fingerprint density at radius 3 is 2.62 bits per heavy atom. The first kappa shape index (κ1) is 18.9. The van der Waals surface area contributed by atoms with Crippen molar-refractivity contribution in [1.82, 2.24) is 4.90 Å². The quantitative estimate of drug-likeness (QED) is 0.758. The van der Waals surface area contributed by atoms with Crippen molar-refractivity contribution in [3.8, 4) is 0 Å². The zero-order valence-corrected chi connectivity index (χ0v) is 15.7. The number of hydrogen-bond donors (Lipinski definition) is 1. The van der Waals surface area contributed by atoms with Gasteiger partial charge < -0.3 is 10.1 Å². The van der Waals surface area contributed by atoms with E-state index < -0.39 is 0 Å². The van der Waals surface area contributed by atoms with E-state index in [-0.39, 0.29) is 11.9 Å². The van der Waals surface area contributed by atoms with Crippen LogP contribution in [0.1, 0.15) is 61.2 Å². The molecule has 1 aromatic heterocycles.